The Bertz CT molecular complexity index is 358. The maximum atomic E-state index is 5.60. The largest absolute Gasteiger partial charge is 0.465 e. The van der Waals surface area contributed by atoms with Crippen LogP contribution in [-0.2, 0) is 6.54 Å². The van der Waals surface area contributed by atoms with Crippen molar-refractivity contribution in [2.45, 2.75) is 26.3 Å². The van der Waals surface area contributed by atoms with Gasteiger partial charge in [-0.25, -0.2) is 0 Å². The Morgan fingerprint density at radius 1 is 1.26 bits per heavy atom. The van der Waals surface area contributed by atoms with Crippen molar-refractivity contribution in [3.05, 3.63) is 23.7 Å². The smallest absolute Gasteiger partial charge is 0.118 e. The monoisotopic (exact) mass is 265 g/mol. The molecule has 4 heteroatoms. The molecule has 1 N–H and O–H groups in total. The minimum Gasteiger partial charge on any atom is -0.465 e. The third kappa shape index (κ3) is 5.35. The summed E-state index contributed by atoms with van der Waals surface area (Å²) in [6, 6.07) is 4.11. The van der Waals surface area contributed by atoms with E-state index in [4.69, 9.17) is 4.42 Å². The highest BCUT2D eigenvalue weighted by molar-refractivity contribution is 5.05. The van der Waals surface area contributed by atoms with Crippen molar-refractivity contribution < 1.29 is 4.42 Å². The van der Waals surface area contributed by atoms with E-state index in [1.807, 2.05) is 13.0 Å². The molecule has 0 radical (unpaired) electrons. The van der Waals surface area contributed by atoms with Crippen molar-refractivity contribution in [2.24, 2.45) is 0 Å². The van der Waals surface area contributed by atoms with Crippen molar-refractivity contribution in [1.82, 2.24) is 15.1 Å². The molecule has 0 aromatic carbocycles. The molecular weight excluding hydrogens is 238 g/mol. The highest BCUT2D eigenvalue weighted by Crippen LogP contribution is 2.09. The van der Waals surface area contributed by atoms with E-state index in [0.717, 1.165) is 37.7 Å². The summed E-state index contributed by atoms with van der Waals surface area (Å²) < 4.78 is 5.60. The fraction of sp³-hybridized carbons (Fsp3) is 0.733. The van der Waals surface area contributed by atoms with Crippen LogP contribution in [0.5, 0.6) is 0 Å². The van der Waals surface area contributed by atoms with Crippen LogP contribution in [0.15, 0.2) is 16.5 Å². The highest BCUT2D eigenvalue weighted by Gasteiger charge is 2.09. The average Bonchev–Trinajstić information content (AvgIpc) is 2.81. The van der Waals surface area contributed by atoms with Crippen LogP contribution in [0.3, 0.4) is 0 Å². The zero-order valence-corrected chi connectivity index (χ0v) is 12.3. The van der Waals surface area contributed by atoms with Gasteiger partial charge in [-0.2, -0.15) is 0 Å². The molecule has 0 spiro atoms. The Hall–Kier alpha value is -0.840. The van der Waals surface area contributed by atoms with Gasteiger partial charge in [0, 0.05) is 26.2 Å². The van der Waals surface area contributed by atoms with Crippen LogP contribution < -0.4 is 5.32 Å². The molecule has 1 aromatic heterocycles. The van der Waals surface area contributed by atoms with Gasteiger partial charge in [0.1, 0.15) is 11.5 Å². The molecule has 108 valence electrons. The number of nitrogens with one attached hydrogen (secondary N) is 1. The Morgan fingerprint density at radius 2 is 2.05 bits per heavy atom. The lowest BCUT2D eigenvalue weighted by Gasteiger charge is -2.27. The number of hydrogen-bond donors (Lipinski definition) is 1. The van der Waals surface area contributed by atoms with E-state index in [2.05, 4.69) is 28.2 Å². The van der Waals surface area contributed by atoms with Gasteiger partial charge in [0.25, 0.3) is 0 Å². The molecule has 1 aliphatic rings. The Kier molecular flexibility index (Phi) is 5.89. The Balaban J connectivity index is 1.54. The topological polar surface area (TPSA) is 31.6 Å². The lowest BCUT2D eigenvalue weighted by atomic mass is 10.2. The zero-order valence-electron chi connectivity index (χ0n) is 12.3. The summed E-state index contributed by atoms with van der Waals surface area (Å²) in [5.74, 6) is 2.07. The summed E-state index contributed by atoms with van der Waals surface area (Å²) in [7, 11) is 2.17. The minimum absolute atomic E-state index is 0.918. The number of unbranched alkanes of at least 4 members (excludes halogenated alkanes) is 1. The first kappa shape index (κ1) is 14.6. The number of furan rings is 1. The molecule has 1 aromatic rings. The van der Waals surface area contributed by atoms with Gasteiger partial charge in [-0.3, -0.25) is 4.90 Å². The molecule has 0 unspecified atom stereocenters. The fourth-order valence-electron chi connectivity index (χ4n) is 2.57. The quantitative estimate of drug-likeness (QED) is 0.761. The van der Waals surface area contributed by atoms with E-state index in [1.165, 1.54) is 32.5 Å². The first-order valence-corrected chi connectivity index (χ1v) is 7.41. The van der Waals surface area contributed by atoms with Crippen molar-refractivity contribution >= 4 is 0 Å². The molecule has 1 saturated heterocycles. The van der Waals surface area contributed by atoms with Crippen LogP contribution in [0, 0.1) is 6.92 Å². The van der Waals surface area contributed by atoms with Gasteiger partial charge < -0.3 is 14.6 Å². The predicted octanol–water partition coefficient (Wildman–Crippen LogP) is 1.71. The van der Waals surface area contributed by atoms with E-state index in [9.17, 15) is 0 Å². The van der Waals surface area contributed by atoms with Crippen molar-refractivity contribution in [2.75, 3.05) is 46.3 Å². The molecule has 1 fully saturated rings. The molecule has 1 aliphatic heterocycles. The summed E-state index contributed by atoms with van der Waals surface area (Å²) in [6.07, 6.45) is 2.56. The SMILES string of the molecule is Cc1ccc(CN(C)CCCCN2CCNCC2)o1. The molecule has 0 aliphatic carbocycles. The van der Waals surface area contributed by atoms with Crippen molar-refractivity contribution in [3.63, 3.8) is 0 Å². The maximum Gasteiger partial charge on any atom is 0.118 e. The summed E-state index contributed by atoms with van der Waals surface area (Å²) in [6.45, 7) is 10.0. The van der Waals surface area contributed by atoms with E-state index >= 15 is 0 Å². The summed E-state index contributed by atoms with van der Waals surface area (Å²) in [5.41, 5.74) is 0. The van der Waals surface area contributed by atoms with Gasteiger partial charge in [0.2, 0.25) is 0 Å². The number of piperazine rings is 1. The van der Waals surface area contributed by atoms with Crippen LogP contribution in [0.25, 0.3) is 0 Å². The summed E-state index contributed by atoms with van der Waals surface area (Å²) in [5, 5.41) is 3.39. The third-order valence-electron chi connectivity index (χ3n) is 3.70. The van der Waals surface area contributed by atoms with Crippen LogP contribution >= 0.6 is 0 Å². The number of rotatable bonds is 7. The number of hydrogen-bond acceptors (Lipinski definition) is 4. The molecule has 0 bridgehead atoms. The van der Waals surface area contributed by atoms with Gasteiger partial charge >= 0.3 is 0 Å². The van der Waals surface area contributed by atoms with Crippen LogP contribution in [0.4, 0.5) is 0 Å². The zero-order chi connectivity index (χ0) is 13.5. The van der Waals surface area contributed by atoms with Gasteiger partial charge in [0.05, 0.1) is 6.54 Å². The van der Waals surface area contributed by atoms with E-state index < -0.39 is 0 Å². The van der Waals surface area contributed by atoms with Crippen LogP contribution in [-0.4, -0.2) is 56.1 Å². The van der Waals surface area contributed by atoms with Gasteiger partial charge in [-0.15, -0.1) is 0 Å². The highest BCUT2D eigenvalue weighted by atomic mass is 16.3. The lowest BCUT2D eigenvalue weighted by Crippen LogP contribution is -2.43. The molecule has 4 nitrogen and oxygen atoms in total. The molecule has 0 amide bonds. The standard InChI is InChI=1S/C15H27N3O/c1-14-5-6-15(19-14)13-17(2)9-3-4-10-18-11-7-16-8-12-18/h5-6,16H,3-4,7-13H2,1-2H3. The molecule has 2 heterocycles. The Morgan fingerprint density at radius 3 is 2.74 bits per heavy atom. The molecule has 2 rings (SSSR count). The van der Waals surface area contributed by atoms with Crippen LogP contribution in [0.1, 0.15) is 24.4 Å². The van der Waals surface area contributed by atoms with Crippen molar-refractivity contribution in [1.29, 1.82) is 0 Å². The predicted molar refractivity (Wildman–Crippen MR) is 78.3 cm³/mol. The van der Waals surface area contributed by atoms with E-state index in [-0.39, 0.29) is 0 Å². The molecule has 0 saturated carbocycles. The normalized spacial score (nSPS) is 17.2. The summed E-state index contributed by atoms with van der Waals surface area (Å²) in [4.78, 5) is 4.91. The lowest BCUT2D eigenvalue weighted by molar-refractivity contribution is 0.227. The van der Waals surface area contributed by atoms with Gasteiger partial charge in [-0.1, -0.05) is 0 Å². The van der Waals surface area contributed by atoms with E-state index in [1.54, 1.807) is 0 Å². The van der Waals surface area contributed by atoms with Crippen LogP contribution in [0.2, 0.25) is 0 Å². The van der Waals surface area contributed by atoms with Gasteiger partial charge in [-0.05, 0) is 52.0 Å². The molecular formula is C15H27N3O. The molecule has 19 heavy (non-hydrogen) atoms. The first-order chi connectivity index (χ1) is 9.24. The second-order valence-electron chi connectivity index (χ2n) is 5.55. The third-order valence-corrected chi connectivity index (χ3v) is 3.70. The number of aryl methyl sites for hydroxylation is 1. The number of nitrogens with zero attached hydrogens (tertiary/aromatic N) is 2. The summed E-state index contributed by atoms with van der Waals surface area (Å²) >= 11 is 0. The van der Waals surface area contributed by atoms with Crippen molar-refractivity contribution in [3.8, 4) is 0 Å². The maximum absolute atomic E-state index is 5.60. The van der Waals surface area contributed by atoms with E-state index in [0.29, 0.717) is 0 Å². The second kappa shape index (κ2) is 7.68. The minimum atomic E-state index is 0.918. The second-order valence-corrected chi connectivity index (χ2v) is 5.55. The first-order valence-electron chi connectivity index (χ1n) is 7.41. The Labute approximate surface area is 116 Å². The average molecular weight is 265 g/mol. The fourth-order valence-corrected chi connectivity index (χ4v) is 2.57. The molecule has 0 atom stereocenters. The van der Waals surface area contributed by atoms with Gasteiger partial charge in [0.15, 0.2) is 0 Å².